The number of hydrogen-bond acceptors (Lipinski definition) is 9. The van der Waals surface area contributed by atoms with Crippen LogP contribution < -0.4 is 28.3 Å². The summed E-state index contributed by atoms with van der Waals surface area (Å²) in [6.07, 6.45) is 7.64. The van der Waals surface area contributed by atoms with E-state index < -0.39 is 11.9 Å². The molecular weight excluding hydrogens is 623 g/mol. The van der Waals surface area contributed by atoms with Crippen LogP contribution in [0.3, 0.4) is 0 Å². The maximum absolute atomic E-state index is 11.3. The molecule has 49 heavy (non-hydrogen) atoms. The van der Waals surface area contributed by atoms with Crippen LogP contribution >= 0.6 is 0 Å². The molecule has 0 spiro atoms. The number of carbonyl (C=O) groups excluding carboxylic acids is 1. The molecular formula is C37H51LiN2O9. The zero-order chi connectivity index (χ0) is 31.6. The number of rotatable bonds is 10. The van der Waals surface area contributed by atoms with Gasteiger partial charge in [0.1, 0.15) is 36.1 Å². The molecule has 11 nitrogen and oxygen atoms in total. The molecule has 2 aromatic carbocycles. The number of ether oxygens (including phenoxy) is 4. The Labute approximate surface area is 302 Å². The van der Waals surface area contributed by atoms with E-state index in [0.29, 0.717) is 18.9 Å². The third-order valence-corrected chi connectivity index (χ3v) is 6.51. The van der Waals surface area contributed by atoms with Gasteiger partial charge in [-0.3, -0.25) is 0 Å². The van der Waals surface area contributed by atoms with E-state index in [-0.39, 0.29) is 50.4 Å². The van der Waals surface area contributed by atoms with Crippen LogP contribution in [0.5, 0.6) is 11.5 Å². The molecule has 1 saturated heterocycles. The second-order valence-corrected chi connectivity index (χ2v) is 9.80. The van der Waals surface area contributed by atoms with E-state index in [0.717, 1.165) is 48.7 Å². The van der Waals surface area contributed by atoms with Crippen LogP contribution in [-0.4, -0.2) is 58.3 Å². The number of carbonyl (C=O) groups is 2. The Morgan fingerprint density at radius 1 is 0.735 bits per heavy atom. The quantitative estimate of drug-likeness (QED) is 0.191. The molecule has 0 unspecified atom stereocenters. The number of benzene rings is 2. The number of esters is 1. The fourth-order valence-corrected chi connectivity index (χ4v) is 3.93. The number of nitrogens with zero attached hydrogens (tertiary/aromatic N) is 2. The Kier molecular flexibility index (Phi) is 27.8. The summed E-state index contributed by atoms with van der Waals surface area (Å²) in [5.41, 5.74) is 4.53. The van der Waals surface area contributed by atoms with Crippen molar-refractivity contribution in [2.75, 3.05) is 20.3 Å². The second kappa shape index (κ2) is 27.7. The minimum atomic E-state index is -1.02. The van der Waals surface area contributed by atoms with Gasteiger partial charge in [-0.25, -0.2) is 19.6 Å². The predicted molar refractivity (Wildman–Crippen MR) is 186 cm³/mol. The molecule has 4 aromatic rings. The molecule has 2 aromatic heterocycles. The average molecular weight is 675 g/mol. The maximum Gasteiger partial charge on any atom is 1.00 e. The molecule has 1 fully saturated rings. The number of pyridine rings is 2. The third kappa shape index (κ3) is 18.2. The SMILES string of the molecule is C.C.C1CCOC1.CCc1cccc(OCc2ccc(C(=O)O)nc2)c1.CCc1cccc(OCc2ccc(C(=O)OC)nc2)c1.O.[Li+].[OH-]. The Bertz CT molecular complexity index is 1440. The Hall–Kier alpha value is -4.24. The number of hydrogen-bond donors (Lipinski definition) is 1. The normalized spacial score (nSPS) is 10.5. The summed E-state index contributed by atoms with van der Waals surface area (Å²) in [6, 6.07) is 22.5. The standard InChI is InChI=1S/C16H17NO3.C15H15NO3.C4H8O.2CH4.Li.2H2O/c1-3-12-5-4-6-14(9-12)20-11-13-7-8-15(17-10-13)16(18)19-2;1-2-11-4-3-5-13(8-11)19-10-12-6-7-14(15(17)18)16-9-12;1-2-4-5-3-1;;;;;/h4-10H,3,11H2,1-2H3;3-9H,2,10H2,1H3,(H,17,18);1-4H2;2*1H4;;2*1H2/q;;;;;+1;;/p-1. The predicted octanol–water partition coefficient (Wildman–Crippen LogP) is 4.00. The van der Waals surface area contributed by atoms with Gasteiger partial charge in [0.15, 0.2) is 0 Å². The van der Waals surface area contributed by atoms with Crippen molar-refractivity contribution < 1.29 is 63.5 Å². The number of methoxy groups -OCH3 is 1. The molecule has 0 amide bonds. The summed E-state index contributed by atoms with van der Waals surface area (Å²) < 4.78 is 20.9. The number of carboxylic acids is 1. The Balaban J connectivity index is -0.000000692. The van der Waals surface area contributed by atoms with Crippen LogP contribution in [0, 0.1) is 0 Å². The topological polar surface area (TPSA) is 179 Å². The van der Waals surface area contributed by atoms with Crippen LogP contribution in [-0.2, 0) is 35.5 Å². The molecule has 4 N–H and O–H groups in total. The summed E-state index contributed by atoms with van der Waals surface area (Å²) >= 11 is 0. The average Bonchev–Trinajstić information content (AvgIpc) is 3.68. The van der Waals surface area contributed by atoms with E-state index in [4.69, 9.17) is 19.3 Å². The van der Waals surface area contributed by atoms with Crippen LogP contribution in [0.1, 0.15) is 84.8 Å². The molecule has 0 aliphatic carbocycles. The first-order valence-corrected chi connectivity index (χ1v) is 14.6. The van der Waals surface area contributed by atoms with E-state index in [9.17, 15) is 9.59 Å². The maximum atomic E-state index is 11.3. The molecule has 0 radical (unpaired) electrons. The van der Waals surface area contributed by atoms with Gasteiger partial charge in [0, 0.05) is 36.7 Å². The molecule has 3 heterocycles. The molecule has 0 bridgehead atoms. The zero-order valence-corrected chi connectivity index (χ0v) is 27.5. The molecule has 264 valence electrons. The van der Waals surface area contributed by atoms with E-state index in [2.05, 4.69) is 40.7 Å². The third-order valence-electron chi connectivity index (χ3n) is 6.51. The van der Waals surface area contributed by atoms with E-state index in [1.54, 1.807) is 18.3 Å². The number of aryl methyl sites for hydroxylation is 2. The molecule has 0 saturated carbocycles. The van der Waals surface area contributed by atoms with Gasteiger partial charge in [-0.1, -0.05) is 65.1 Å². The van der Waals surface area contributed by atoms with Crippen molar-refractivity contribution in [3.05, 3.63) is 119 Å². The van der Waals surface area contributed by atoms with Gasteiger partial charge in [-0.15, -0.1) is 0 Å². The molecule has 1 aliphatic rings. The molecule has 0 atom stereocenters. The van der Waals surface area contributed by atoms with Gasteiger partial charge in [-0.2, -0.15) is 0 Å². The molecule has 1 aliphatic heterocycles. The van der Waals surface area contributed by atoms with Crippen molar-refractivity contribution in [2.24, 2.45) is 0 Å². The summed E-state index contributed by atoms with van der Waals surface area (Å²) in [6.45, 7) is 6.99. The van der Waals surface area contributed by atoms with Crippen molar-refractivity contribution >= 4 is 11.9 Å². The number of aromatic nitrogens is 2. The van der Waals surface area contributed by atoms with Crippen LogP contribution in [0.2, 0.25) is 0 Å². The van der Waals surface area contributed by atoms with Crippen LogP contribution in [0.25, 0.3) is 0 Å². The smallest absolute Gasteiger partial charge is 0.870 e. The van der Waals surface area contributed by atoms with Gasteiger partial charge < -0.3 is 35.0 Å². The fourth-order valence-electron chi connectivity index (χ4n) is 3.93. The summed E-state index contributed by atoms with van der Waals surface area (Å²) in [5.74, 6) is 0.180. The zero-order valence-electron chi connectivity index (χ0n) is 27.5. The van der Waals surface area contributed by atoms with Crippen molar-refractivity contribution in [2.45, 2.75) is 67.6 Å². The van der Waals surface area contributed by atoms with E-state index in [1.165, 1.54) is 43.3 Å². The van der Waals surface area contributed by atoms with E-state index in [1.807, 2.05) is 42.5 Å². The van der Waals surface area contributed by atoms with E-state index >= 15 is 0 Å². The van der Waals surface area contributed by atoms with Gasteiger partial charge in [-0.05, 0) is 73.2 Å². The minimum absolute atomic E-state index is 0. The monoisotopic (exact) mass is 674 g/mol. The first-order valence-electron chi connectivity index (χ1n) is 14.6. The fraction of sp³-hybridized carbons (Fsp3) is 0.351. The van der Waals surface area contributed by atoms with Gasteiger partial charge in [0.25, 0.3) is 0 Å². The van der Waals surface area contributed by atoms with Crippen molar-refractivity contribution in [1.82, 2.24) is 9.97 Å². The Morgan fingerprint density at radius 3 is 1.51 bits per heavy atom. The molecule has 5 rings (SSSR count). The van der Waals surface area contributed by atoms with Crippen molar-refractivity contribution in [3.8, 4) is 11.5 Å². The number of aromatic carboxylic acids is 1. The summed E-state index contributed by atoms with van der Waals surface area (Å²) in [5, 5.41) is 8.75. The van der Waals surface area contributed by atoms with Gasteiger partial charge in [0.2, 0.25) is 0 Å². The van der Waals surface area contributed by atoms with Crippen molar-refractivity contribution in [3.63, 3.8) is 0 Å². The second-order valence-electron chi connectivity index (χ2n) is 9.80. The number of carboxylic acid groups (broad SMARTS) is 1. The van der Waals surface area contributed by atoms with Crippen molar-refractivity contribution in [1.29, 1.82) is 0 Å². The summed E-state index contributed by atoms with van der Waals surface area (Å²) in [4.78, 5) is 29.8. The van der Waals surface area contributed by atoms with Gasteiger partial charge in [0.05, 0.1) is 7.11 Å². The largest absolute Gasteiger partial charge is 1.00 e. The Morgan fingerprint density at radius 2 is 1.18 bits per heavy atom. The summed E-state index contributed by atoms with van der Waals surface area (Å²) in [7, 11) is 1.34. The van der Waals surface area contributed by atoms with Gasteiger partial charge >= 0.3 is 30.8 Å². The van der Waals surface area contributed by atoms with Crippen LogP contribution in [0.4, 0.5) is 0 Å². The first-order chi connectivity index (χ1) is 21.4. The molecule has 12 heteroatoms. The van der Waals surface area contributed by atoms with Crippen LogP contribution in [0.15, 0.2) is 85.2 Å². The first kappa shape index (κ1) is 49.1. The minimum Gasteiger partial charge on any atom is -0.870 e.